The topological polar surface area (TPSA) is 38.5 Å². The molecule has 0 aliphatic rings. The van der Waals surface area contributed by atoms with Gasteiger partial charge in [0.15, 0.2) is 0 Å². The van der Waals surface area contributed by atoms with Crippen molar-refractivity contribution in [1.82, 2.24) is 4.90 Å². The quantitative estimate of drug-likeness (QED) is 0.724. The van der Waals surface area contributed by atoms with Crippen molar-refractivity contribution in [3.8, 4) is 0 Å². The van der Waals surface area contributed by atoms with E-state index in [9.17, 15) is 0 Å². The first kappa shape index (κ1) is 16.4. The zero-order valence-electron chi connectivity index (χ0n) is 10.5. The molecule has 0 radical (unpaired) electrons. The van der Waals surface area contributed by atoms with Crippen molar-refractivity contribution in [3.63, 3.8) is 0 Å². The van der Waals surface area contributed by atoms with Crippen molar-refractivity contribution in [2.75, 3.05) is 32.8 Å². The van der Waals surface area contributed by atoms with E-state index < -0.39 is 0 Å². The lowest BCUT2D eigenvalue weighted by molar-refractivity contribution is 0.112. The van der Waals surface area contributed by atoms with Crippen molar-refractivity contribution in [3.05, 3.63) is 35.9 Å². The van der Waals surface area contributed by atoms with Gasteiger partial charge in [0.25, 0.3) is 0 Å². The van der Waals surface area contributed by atoms with Crippen LogP contribution in [-0.2, 0) is 11.3 Å². The molecular formula is C13H23ClN2O. The number of hydrogen-bond acceptors (Lipinski definition) is 3. The second-order valence-corrected chi connectivity index (χ2v) is 3.75. The Morgan fingerprint density at radius 3 is 2.47 bits per heavy atom. The van der Waals surface area contributed by atoms with Gasteiger partial charge in [0, 0.05) is 32.8 Å². The minimum absolute atomic E-state index is 0. The van der Waals surface area contributed by atoms with Gasteiger partial charge in [-0.15, -0.1) is 12.4 Å². The van der Waals surface area contributed by atoms with E-state index in [1.54, 1.807) is 0 Å². The van der Waals surface area contributed by atoms with Crippen LogP contribution >= 0.6 is 12.4 Å². The van der Waals surface area contributed by atoms with Crippen LogP contribution in [-0.4, -0.2) is 37.7 Å². The number of rotatable bonds is 8. The van der Waals surface area contributed by atoms with Gasteiger partial charge in [-0.05, 0) is 12.5 Å². The van der Waals surface area contributed by atoms with Crippen LogP contribution in [0.5, 0.6) is 0 Å². The second kappa shape index (κ2) is 10.5. The Morgan fingerprint density at radius 2 is 1.88 bits per heavy atom. The summed E-state index contributed by atoms with van der Waals surface area (Å²) in [6.45, 7) is 7.08. The summed E-state index contributed by atoms with van der Waals surface area (Å²) in [5, 5.41) is 0. The third-order valence-corrected chi connectivity index (χ3v) is 2.45. The standard InChI is InChI=1S/C13H22N2O.ClH/c1-2-16-11-10-15(9-8-14)12-13-6-4-3-5-7-13;/h3-7H,2,8-12,14H2,1H3;1H. The average molecular weight is 259 g/mol. The highest BCUT2D eigenvalue weighted by Gasteiger charge is 2.04. The van der Waals surface area contributed by atoms with Crippen LogP contribution in [0, 0.1) is 0 Å². The lowest BCUT2D eigenvalue weighted by Gasteiger charge is -2.21. The highest BCUT2D eigenvalue weighted by Crippen LogP contribution is 2.03. The second-order valence-electron chi connectivity index (χ2n) is 3.75. The van der Waals surface area contributed by atoms with E-state index >= 15 is 0 Å². The SMILES string of the molecule is CCOCCN(CCN)Cc1ccccc1.Cl. The molecule has 1 aromatic carbocycles. The molecule has 17 heavy (non-hydrogen) atoms. The molecule has 0 amide bonds. The Labute approximate surface area is 110 Å². The van der Waals surface area contributed by atoms with E-state index in [0.29, 0.717) is 6.54 Å². The Morgan fingerprint density at radius 1 is 1.18 bits per heavy atom. The molecule has 0 aliphatic heterocycles. The highest BCUT2D eigenvalue weighted by molar-refractivity contribution is 5.85. The van der Waals surface area contributed by atoms with Gasteiger partial charge in [0.2, 0.25) is 0 Å². The van der Waals surface area contributed by atoms with Crippen molar-refractivity contribution in [1.29, 1.82) is 0 Å². The molecule has 0 aromatic heterocycles. The van der Waals surface area contributed by atoms with E-state index in [4.69, 9.17) is 10.5 Å². The summed E-state index contributed by atoms with van der Waals surface area (Å²) in [6, 6.07) is 10.5. The predicted molar refractivity (Wildman–Crippen MR) is 74.5 cm³/mol. The molecule has 3 nitrogen and oxygen atoms in total. The van der Waals surface area contributed by atoms with Crippen molar-refractivity contribution >= 4 is 12.4 Å². The molecule has 98 valence electrons. The van der Waals surface area contributed by atoms with Crippen LogP contribution in [0.4, 0.5) is 0 Å². The molecule has 0 spiro atoms. The molecule has 1 aromatic rings. The predicted octanol–water partition coefficient (Wildman–Crippen LogP) is 1.91. The lowest BCUT2D eigenvalue weighted by atomic mass is 10.2. The average Bonchev–Trinajstić information content (AvgIpc) is 2.31. The van der Waals surface area contributed by atoms with Crippen LogP contribution in [0.3, 0.4) is 0 Å². The van der Waals surface area contributed by atoms with Crippen molar-refractivity contribution in [2.45, 2.75) is 13.5 Å². The van der Waals surface area contributed by atoms with Crippen molar-refractivity contribution in [2.24, 2.45) is 5.73 Å². The van der Waals surface area contributed by atoms with Gasteiger partial charge in [0.05, 0.1) is 6.61 Å². The van der Waals surface area contributed by atoms with E-state index in [-0.39, 0.29) is 12.4 Å². The smallest absolute Gasteiger partial charge is 0.0593 e. The van der Waals surface area contributed by atoms with Gasteiger partial charge in [-0.25, -0.2) is 0 Å². The first-order valence-electron chi connectivity index (χ1n) is 5.91. The molecule has 0 fully saturated rings. The fraction of sp³-hybridized carbons (Fsp3) is 0.538. The third kappa shape index (κ3) is 7.34. The molecule has 0 saturated carbocycles. The fourth-order valence-electron chi connectivity index (χ4n) is 1.63. The van der Waals surface area contributed by atoms with Gasteiger partial charge in [-0.2, -0.15) is 0 Å². The van der Waals surface area contributed by atoms with Crippen LogP contribution in [0.15, 0.2) is 30.3 Å². The van der Waals surface area contributed by atoms with Gasteiger partial charge in [-0.3, -0.25) is 4.90 Å². The summed E-state index contributed by atoms with van der Waals surface area (Å²) in [5.41, 5.74) is 6.93. The van der Waals surface area contributed by atoms with Crippen LogP contribution in [0.2, 0.25) is 0 Å². The van der Waals surface area contributed by atoms with Crippen molar-refractivity contribution < 1.29 is 4.74 Å². The van der Waals surface area contributed by atoms with Gasteiger partial charge >= 0.3 is 0 Å². The fourth-order valence-corrected chi connectivity index (χ4v) is 1.63. The number of hydrogen-bond donors (Lipinski definition) is 1. The molecule has 0 heterocycles. The van der Waals surface area contributed by atoms with Crippen LogP contribution in [0.25, 0.3) is 0 Å². The minimum Gasteiger partial charge on any atom is -0.380 e. The number of nitrogens with zero attached hydrogens (tertiary/aromatic N) is 1. The Balaban J connectivity index is 0.00000256. The van der Waals surface area contributed by atoms with E-state index in [1.807, 2.05) is 13.0 Å². The molecule has 0 saturated heterocycles. The largest absolute Gasteiger partial charge is 0.380 e. The zero-order valence-corrected chi connectivity index (χ0v) is 11.3. The Kier molecular flexibility index (Phi) is 10.2. The maximum absolute atomic E-state index is 5.60. The number of halogens is 1. The number of ether oxygens (including phenoxy) is 1. The molecular weight excluding hydrogens is 236 g/mol. The Hall–Kier alpha value is -0.610. The maximum Gasteiger partial charge on any atom is 0.0593 e. The van der Waals surface area contributed by atoms with Gasteiger partial charge in [0.1, 0.15) is 0 Å². The summed E-state index contributed by atoms with van der Waals surface area (Å²) < 4.78 is 5.37. The minimum atomic E-state index is 0. The molecule has 4 heteroatoms. The maximum atomic E-state index is 5.60. The molecule has 2 N–H and O–H groups in total. The number of nitrogens with two attached hydrogens (primary N) is 1. The normalized spacial score (nSPS) is 10.3. The first-order valence-corrected chi connectivity index (χ1v) is 5.91. The molecule has 0 aliphatic carbocycles. The molecule has 0 atom stereocenters. The summed E-state index contributed by atoms with van der Waals surface area (Å²) >= 11 is 0. The lowest BCUT2D eigenvalue weighted by Crippen LogP contribution is -2.32. The summed E-state index contributed by atoms with van der Waals surface area (Å²) in [6.07, 6.45) is 0. The molecule has 1 rings (SSSR count). The van der Waals surface area contributed by atoms with Gasteiger partial charge in [-0.1, -0.05) is 30.3 Å². The third-order valence-electron chi connectivity index (χ3n) is 2.45. The van der Waals surface area contributed by atoms with Crippen LogP contribution in [0.1, 0.15) is 12.5 Å². The van der Waals surface area contributed by atoms with Crippen LogP contribution < -0.4 is 5.73 Å². The zero-order chi connectivity index (χ0) is 11.6. The molecule has 0 bridgehead atoms. The summed E-state index contributed by atoms with van der Waals surface area (Å²) in [4.78, 5) is 2.32. The van der Waals surface area contributed by atoms with E-state index in [0.717, 1.165) is 32.8 Å². The molecule has 0 unspecified atom stereocenters. The summed E-state index contributed by atoms with van der Waals surface area (Å²) in [5.74, 6) is 0. The monoisotopic (exact) mass is 258 g/mol. The first-order chi connectivity index (χ1) is 7.86. The summed E-state index contributed by atoms with van der Waals surface area (Å²) in [7, 11) is 0. The van der Waals surface area contributed by atoms with Gasteiger partial charge < -0.3 is 10.5 Å². The Bertz CT molecular complexity index is 269. The highest BCUT2D eigenvalue weighted by atomic mass is 35.5. The van der Waals surface area contributed by atoms with E-state index in [2.05, 4.69) is 29.2 Å². The van der Waals surface area contributed by atoms with E-state index in [1.165, 1.54) is 5.56 Å². The number of benzene rings is 1.